The number of nitrogens with two attached hydrogens (primary N) is 1. The van der Waals surface area contributed by atoms with Gasteiger partial charge in [0.15, 0.2) is 5.96 Å². The average molecular weight is 343 g/mol. The Morgan fingerprint density at radius 1 is 1.00 bits per heavy atom. The van der Waals surface area contributed by atoms with E-state index < -0.39 is 0 Å². The molecule has 0 amide bonds. The second-order valence-corrected chi connectivity index (χ2v) is 5.51. The highest BCUT2D eigenvalue weighted by Crippen LogP contribution is 2.27. The maximum atomic E-state index is 5.88. The maximum absolute atomic E-state index is 5.88. The minimum Gasteiger partial charge on any atom is -0.496 e. The van der Waals surface area contributed by atoms with Crippen LogP contribution in [0.25, 0.3) is 0 Å². The molecule has 0 heterocycles. The lowest BCUT2D eigenvalue weighted by atomic mass is 10.2. The molecule has 0 aliphatic carbocycles. The number of rotatable bonds is 8. The molecule has 0 bridgehead atoms. The van der Waals surface area contributed by atoms with Crippen LogP contribution in [0.15, 0.2) is 47.5 Å². The van der Waals surface area contributed by atoms with Gasteiger partial charge in [-0.2, -0.15) is 0 Å². The van der Waals surface area contributed by atoms with Crippen molar-refractivity contribution in [3.63, 3.8) is 0 Å². The summed E-state index contributed by atoms with van der Waals surface area (Å²) in [5.41, 5.74) is 8.00. The van der Waals surface area contributed by atoms with Crippen molar-refractivity contribution in [1.82, 2.24) is 0 Å². The molecule has 0 atom stereocenters. The van der Waals surface area contributed by atoms with E-state index in [-0.39, 0.29) is 0 Å². The first-order chi connectivity index (χ1) is 12.1. The standard InChI is InChI=1S/C19H25N3O3/c1-14-5-7-15(8-6-14)22-19(20)21-9-4-10-25-18-12-16(23-2)11-17(13-18)24-3/h5-8,11-13H,4,9-10H2,1-3H3,(H3,20,21,22). The third-order valence-electron chi connectivity index (χ3n) is 3.50. The van der Waals surface area contributed by atoms with Gasteiger partial charge in [0.05, 0.1) is 20.8 Å². The first-order valence-corrected chi connectivity index (χ1v) is 8.10. The van der Waals surface area contributed by atoms with E-state index >= 15 is 0 Å². The van der Waals surface area contributed by atoms with Gasteiger partial charge in [0.1, 0.15) is 17.2 Å². The molecule has 0 aliphatic rings. The summed E-state index contributed by atoms with van der Waals surface area (Å²) in [6, 6.07) is 13.4. The fourth-order valence-corrected chi connectivity index (χ4v) is 2.14. The Bertz CT molecular complexity index is 677. The predicted octanol–water partition coefficient (Wildman–Crippen LogP) is 3.21. The van der Waals surface area contributed by atoms with E-state index in [1.165, 1.54) is 5.56 Å². The summed E-state index contributed by atoms with van der Waals surface area (Å²) in [6.07, 6.45) is 0.746. The lowest BCUT2D eigenvalue weighted by molar-refractivity contribution is 0.307. The van der Waals surface area contributed by atoms with Gasteiger partial charge >= 0.3 is 0 Å². The van der Waals surface area contributed by atoms with Gasteiger partial charge < -0.3 is 25.3 Å². The van der Waals surface area contributed by atoms with E-state index in [0.717, 1.165) is 12.1 Å². The molecule has 0 unspecified atom stereocenters. The van der Waals surface area contributed by atoms with Crippen LogP contribution in [0.5, 0.6) is 17.2 Å². The van der Waals surface area contributed by atoms with Gasteiger partial charge in [-0.05, 0) is 19.1 Å². The number of aliphatic imine (C=N–C) groups is 1. The molecule has 3 N–H and O–H groups in total. The number of anilines is 1. The van der Waals surface area contributed by atoms with Crippen LogP contribution in [0.4, 0.5) is 5.69 Å². The number of aryl methyl sites for hydroxylation is 1. The fourth-order valence-electron chi connectivity index (χ4n) is 2.14. The normalized spacial score (nSPS) is 11.1. The van der Waals surface area contributed by atoms with E-state index in [9.17, 15) is 0 Å². The molecule has 6 heteroatoms. The van der Waals surface area contributed by atoms with Crippen LogP contribution >= 0.6 is 0 Å². The molecular weight excluding hydrogens is 318 g/mol. The summed E-state index contributed by atoms with van der Waals surface area (Å²) < 4.78 is 16.1. The minimum absolute atomic E-state index is 0.395. The molecule has 2 rings (SSSR count). The largest absolute Gasteiger partial charge is 0.496 e. The molecule has 0 radical (unpaired) electrons. The van der Waals surface area contributed by atoms with Crippen molar-refractivity contribution < 1.29 is 14.2 Å². The third-order valence-corrected chi connectivity index (χ3v) is 3.50. The molecule has 6 nitrogen and oxygen atoms in total. The number of ether oxygens (including phenoxy) is 3. The number of hydrogen-bond acceptors (Lipinski definition) is 4. The average Bonchev–Trinajstić information content (AvgIpc) is 2.63. The van der Waals surface area contributed by atoms with Crippen molar-refractivity contribution in [3.05, 3.63) is 48.0 Å². The molecule has 0 fully saturated rings. The van der Waals surface area contributed by atoms with Crippen molar-refractivity contribution >= 4 is 11.6 Å². The van der Waals surface area contributed by atoms with Gasteiger partial charge in [-0.1, -0.05) is 17.7 Å². The Morgan fingerprint density at radius 3 is 2.20 bits per heavy atom. The van der Waals surface area contributed by atoms with E-state index in [2.05, 4.69) is 10.3 Å². The zero-order valence-electron chi connectivity index (χ0n) is 14.9. The highest BCUT2D eigenvalue weighted by Gasteiger charge is 2.02. The monoisotopic (exact) mass is 343 g/mol. The lowest BCUT2D eigenvalue weighted by Crippen LogP contribution is -2.23. The number of guanidine groups is 1. The van der Waals surface area contributed by atoms with E-state index in [1.54, 1.807) is 20.3 Å². The Kier molecular flexibility index (Phi) is 6.95. The smallest absolute Gasteiger partial charge is 0.193 e. The molecule has 134 valence electrons. The topological polar surface area (TPSA) is 78.1 Å². The molecule has 25 heavy (non-hydrogen) atoms. The Labute approximate surface area is 148 Å². The Balaban J connectivity index is 1.76. The summed E-state index contributed by atoms with van der Waals surface area (Å²) in [5.74, 6) is 2.48. The molecule has 2 aromatic carbocycles. The lowest BCUT2D eigenvalue weighted by Gasteiger charge is -2.10. The fraction of sp³-hybridized carbons (Fsp3) is 0.316. The molecule has 0 aliphatic heterocycles. The number of nitrogens with zero attached hydrogens (tertiary/aromatic N) is 1. The molecule has 0 saturated carbocycles. The van der Waals surface area contributed by atoms with Gasteiger partial charge in [-0.3, -0.25) is 4.99 Å². The highest BCUT2D eigenvalue weighted by atomic mass is 16.5. The summed E-state index contributed by atoms with van der Waals surface area (Å²) in [4.78, 5) is 4.29. The van der Waals surface area contributed by atoms with Crippen molar-refractivity contribution in [1.29, 1.82) is 0 Å². The van der Waals surface area contributed by atoms with Crippen molar-refractivity contribution in [2.75, 3.05) is 32.7 Å². The second kappa shape index (κ2) is 9.42. The summed E-state index contributed by atoms with van der Waals surface area (Å²) in [5, 5.41) is 3.06. The number of hydrogen-bond donors (Lipinski definition) is 2. The van der Waals surface area contributed by atoms with E-state index in [0.29, 0.717) is 36.4 Å². The summed E-state index contributed by atoms with van der Waals surface area (Å²) in [7, 11) is 3.22. The summed E-state index contributed by atoms with van der Waals surface area (Å²) in [6.45, 7) is 3.14. The molecule has 0 spiro atoms. The van der Waals surface area contributed by atoms with Crippen LogP contribution in [-0.4, -0.2) is 33.3 Å². The van der Waals surface area contributed by atoms with Crippen LogP contribution in [0.2, 0.25) is 0 Å². The van der Waals surface area contributed by atoms with Gasteiger partial charge in [-0.15, -0.1) is 0 Å². The minimum atomic E-state index is 0.395. The molecule has 0 saturated heterocycles. The second-order valence-electron chi connectivity index (χ2n) is 5.51. The van der Waals surface area contributed by atoms with Gasteiger partial charge in [0.25, 0.3) is 0 Å². The number of methoxy groups -OCH3 is 2. The first kappa shape index (κ1) is 18.4. The van der Waals surface area contributed by atoms with Crippen LogP contribution in [0, 0.1) is 6.92 Å². The van der Waals surface area contributed by atoms with Crippen LogP contribution in [0.3, 0.4) is 0 Å². The van der Waals surface area contributed by atoms with E-state index in [1.807, 2.05) is 43.3 Å². The maximum Gasteiger partial charge on any atom is 0.193 e. The first-order valence-electron chi connectivity index (χ1n) is 8.10. The predicted molar refractivity (Wildman–Crippen MR) is 101 cm³/mol. The van der Waals surface area contributed by atoms with Crippen molar-refractivity contribution in [3.8, 4) is 17.2 Å². The zero-order valence-corrected chi connectivity index (χ0v) is 14.9. The SMILES string of the molecule is COc1cc(OC)cc(OCCCN=C(N)Nc2ccc(C)cc2)c1. The van der Waals surface area contributed by atoms with Crippen LogP contribution in [-0.2, 0) is 0 Å². The van der Waals surface area contributed by atoms with Crippen molar-refractivity contribution in [2.24, 2.45) is 10.7 Å². The zero-order chi connectivity index (χ0) is 18.1. The van der Waals surface area contributed by atoms with Gasteiger partial charge in [0, 0.05) is 36.9 Å². The van der Waals surface area contributed by atoms with Crippen molar-refractivity contribution in [2.45, 2.75) is 13.3 Å². The Morgan fingerprint density at radius 2 is 1.60 bits per heavy atom. The Hall–Kier alpha value is -2.89. The van der Waals surface area contributed by atoms with Gasteiger partial charge in [-0.25, -0.2) is 0 Å². The third kappa shape index (κ3) is 6.25. The number of benzene rings is 2. The molecule has 2 aromatic rings. The molecular formula is C19H25N3O3. The van der Waals surface area contributed by atoms with Crippen LogP contribution < -0.4 is 25.3 Å². The van der Waals surface area contributed by atoms with E-state index in [4.69, 9.17) is 19.9 Å². The summed E-state index contributed by atoms with van der Waals surface area (Å²) >= 11 is 0. The van der Waals surface area contributed by atoms with Gasteiger partial charge in [0.2, 0.25) is 0 Å². The van der Waals surface area contributed by atoms with Crippen LogP contribution in [0.1, 0.15) is 12.0 Å². The molecule has 0 aromatic heterocycles. The number of nitrogens with one attached hydrogen (secondary N) is 1. The highest BCUT2D eigenvalue weighted by molar-refractivity contribution is 5.92. The quantitative estimate of drug-likeness (QED) is 0.437.